The minimum atomic E-state index is -5.13. The number of hydrogen-bond donors (Lipinski definition) is 1. The molecule has 1 spiro atoms. The Hall–Kier alpha value is -5.04. The summed E-state index contributed by atoms with van der Waals surface area (Å²) in [6.45, 7) is 1.84. The van der Waals surface area contributed by atoms with Crippen molar-refractivity contribution in [2.24, 2.45) is 0 Å². The van der Waals surface area contributed by atoms with Crippen LogP contribution >= 0.6 is 11.3 Å². The van der Waals surface area contributed by atoms with Gasteiger partial charge in [0.05, 0.1) is 33.7 Å². The number of carbonyl (C=O) groups is 3. The number of rotatable bonds is 13. The molecule has 2 aliphatic heterocycles. The number of halogens is 7. The summed E-state index contributed by atoms with van der Waals surface area (Å²) >= 11 is 1.23. The summed E-state index contributed by atoms with van der Waals surface area (Å²) in [6.07, 6.45) is -7.67. The predicted octanol–water partition coefficient (Wildman–Crippen LogP) is 7.82. The van der Waals surface area contributed by atoms with Crippen molar-refractivity contribution in [2.75, 3.05) is 72.4 Å². The van der Waals surface area contributed by atoms with Crippen molar-refractivity contribution in [1.29, 1.82) is 0 Å². The van der Waals surface area contributed by atoms with Crippen LogP contribution in [0.5, 0.6) is 0 Å². The molecule has 4 aromatic rings. The molecule has 0 bridgehead atoms. The normalized spacial score (nSPS) is 20.0. The molecule has 2 fully saturated rings. The van der Waals surface area contributed by atoms with E-state index < -0.39 is 53.1 Å². The third-order valence-corrected chi connectivity index (χ3v) is 13.5. The largest absolute Gasteiger partial charge is 0.416 e. The molecule has 2 atom stereocenters. The van der Waals surface area contributed by atoms with Gasteiger partial charge in [0, 0.05) is 44.7 Å². The molecule has 2 N–H and O–H groups in total. The minimum Gasteiger partial charge on any atom is -0.391 e. The monoisotopic (exact) mass is 903 g/mol. The average molecular weight is 904 g/mol. The second-order valence-electron chi connectivity index (χ2n) is 16.6. The van der Waals surface area contributed by atoms with E-state index >= 15 is 0 Å². The topological polar surface area (TPSA) is 109 Å². The molecule has 18 heteroatoms. The SMILES string of the molecule is CN(CCCN(C)C(=O)c1ccc(N)s1)C(=O)CO[C@H]1Cc2ccccc2C12CCN(CC[C@]1(c3ccc(F)cc3)CN(C(=O)c3cc(C(F)(F)F)cc(C(F)(F)F)c3)CO1)CC2. The van der Waals surface area contributed by atoms with Gasteiger partial charge in [-0.05, 0) is 104 Å². The lowest BCUT2D eigenvalue weighted by molar-refractivity contribution is -0.143. The van der Waals surface area contributed by atoms with Gasteiger partial charge in [-0.1, -0.05) is 36.4 Å². The molecule has 7 rings (SSSR count). The Morgan fingerprint density at radius 2 is 1.54 bits per heavy atom. The number of likely N-dealkylation sites (tertiary alicyclic amines) is 1. The zero-order chi connectivity index (χ0) is 45.3. The first kappa shape index (κ1) is 46.0. The summed E-state index contributed by atoms with van der Waals surface area (Å²) < 4.78 is 109. The van der Waals surface area contributed by atoms with E-state index in [0.29, 0.717) is 86.0 Å². The van der Waals surface area contributed by atoms with Crippen LogP contribution in [-0.2, 0) is 44.1 Å². The second-order valence-corrected chi connectivity index (χ2v) is 17.7. The first-order valence-corrected chi connectivity index (χ1v) is 21.4. The standard InChI is InChI=1S/C45H48F7N5O5S/c1-54(17-5-18-55(2)41(60)36-12-13-38(53)63-36)39(58)26-61-37-24-29-6-3-4-7-35(29)42(37)14-19-56(20-15-42)21-16-43(31-8-10-34(46)11-9-31)27-57(28-62-43)40(59)30-22-32(44(47,48)49)25-33(23-30)45(50,51)52/h3-4,6-13,22-23,25,37H,5,14-21,24,26-28,53H2,1-2H3/t37-,43+/m0/s1. The highest BCUT2D eigenvalue weighted by Gasteiger charge is 2.50. The van der Waals surface area contributed by atoms with E-state index in [1.807, 2.05) is 12.1 Å². The smallest absolute Gasteiger partial charge is 0.391 e. The van der Waals surface area contributed by atoms with Crippen molar-refractivity contribution in [3.05, 3.63) is 123 Å². The highest BCUT2D eigenvalue weighted by molar-refractivity contribution is 7.17. The van der Waals surface area contributed by atoms with Crippen molar-refractivity contribution < 1.29 is 54.6 Å². The van der Waals surface area contributed by atoms with Gasteiger partial charge in [-0.25, -0.2) is 4.39 Å². The van der Waals surface area contributed by atoms with Gasteiger partial charge in [0.15, 0.2) is 0 Å². The number of anilines is 1. The number of fused-ring (bicyclic) bond motifs is 2. The van der Waals surface area contributed by atoms with Crippen LogP contribution in [0.3, 0.4) is 0 Å². The van der Waals surface area contributed by atoms with E-state index in [9.17, 15) is 45.1 Å². The fourth-order valence-electron chi connectivity index (χ4n) is 9.00. The summed E-state index contributed by atoms with van der Waals surface area (Å²) in [5.74, 6) is -1.90. The molecule has 10 nitrogen and oxygen atoms in total. The van der Waals surface area contributed by atoms with E-state index in [2.05, 4.69) is 17.0 Å². The van der Waals surface area contributed by atoms with Gasteiger partial charge in [-0.3, -0.25) is 14.4 Å². The van der Waals surface area contributed by atoms with Gasteiger partial charge in [0.1, 0.15) is 24.8 Å². The maximum Gasteiger partial charge on any atom is 0.416 e. The van der Waals surface area contributed by atoms with Crippen LogP contribution in [0.1, 0.15) is 73.5 Å². The molecule has 0 radical (unpaired) electrons. The molecule has 3 heterocycles. The molecule has 3 amide bonds. The van der Waals surface area contributed by atoms with Crippen LogP contribution in [0.4, 0.5) is 35.7 Å². The molecule has 2 saturated heterocycles. The third kappa shape index (κ3) is 10.0. The number of likely N-dealkylation sites (N-methyl/N-ethyl adjacent to an activating group) is 1. The number of piperidine rings is 1. The fourth-order valence-corrected chi connectivity index (χ4v) is 9.77. The zero-order valence-electron chi connectivity index (χ0n) is 34.7. The Labute approximate surface area is 364 Å². The number of nitrogen functional groups attached to an aromatic ring is 1. The van der Waals surface area contributed by atoms with Crippen LogP contribution in [-0.4, -0.2) is 110 Å². The fraction of sp³-hybridized carbons (Fsp3) is 0.444. The summed E-state index contributed by atoms with van der Waals surface area (Å²) in [5.41, 5.74) is 3.01. The Morgan fingerprint density at radius 1 is 0.889 bits per heavy atom. The number of amides is 3. The highest BCUT2D eigenvalue weighted by atomic mass is 32.1. The Balaban J connectivity index is 0.988. The van der Waals surface area contributed by atoms with Crippen molar-refractivity contribution in [2.45, 2.75) is 61.6 Å². The second kappa shape index (κ2) is 18.2. The number of nitrogens with zero attached hydrogens (tertiary/aromatic N) is 4. The first-order valence-electron chi connectivity index (χ1n) is 20.5. The van der Waals surface area contributed by atoms with Crippen LogP contribution in [0.2, 0.25) is 0 Å². The van der Waals surface area contributed by atoms with Crippen LogP contribution in [0.25, 0.3) is 0 Å². The maximum absolute atomic E-state index is 14.1. The van der Waals surface area contributed by atoms with E-state index in [0.717, 1.165) is 10.5 Å². The molecule has 1 aromatic heterocycles. The van der Waals surface area contributed by atoms with Crippen molar-refractivity contribution in [3.63, 3.8) is 0 Å². The average Bonchev–Trinajstić information content (AvgIpc) is 3.98. The molecular formula is C45H48F7N5O5S. The van der Waals surface area contributed by atoms with Gasteiger partial charge in [-0.15, -0.1) is 11.3 Å². The number of alkyl halides is 6. The molecule has 3 aliphatic rings. The van der Waals surface area contributed by atoms with Crippen LogP contribution in [0, 0.1) is 5.82 Å². The molecule has 63 heavy (non-hydrogen) atoms. The highest BCUT2D eigenvalue weighted by Crippen LogP contribution is 2.48. The maximum atomic E-state index is 14.1. The number of hydrogen-bond acceptors (Lipinski definition) is 8. The lowest BCUT2D eigenvalue weighted by Gasteiger charge is -2.44. The van der Waals surface area contributed by atoms with E-state index in [4.69, 9.17) is 15.2 Å². The van der Waals surface area contributed by atoms with E-state index in [1.54, 1.807) is 36.0 Å². The van der Waals surface area contributed by atoms with Crippen molar-refractivity contribution in [1.82, 2.24) is 19.6 Å². The summed E-state index contributed by atoms with van der Waals surface area (Å²) in [4.78, 5) is 46.7. The van der Waals surface area contributed by atoms with E-state index in [-0.39, 0.29) is 49.0 Å². The van der Waals surface area contributed by atoms with Gasteiger partial charge in [-0.2, -0.15) is 26.3 Å². The lowest BCUT2D eigenvalue weighted by Crippen LogP contribution is -2.50. The number of thiophene rings is 1. The molecule has 0 unspecified atom stereocenters. The van der Waals surface area contributed by atoms with Gasteiger partial charge in [0.25, 0.3) is 11.8 Å². The molecule has 0 saturated carbocycles. The quantitative estimate of drug-likeness (QED) is 0.137. The predicted molar refractivity (Wildman–Crippen MR) is 221 cm³/mol. The van der Waals surface area contributed by atoms with Crippen molar-refractivity contribution in [3.8, 4) is 0 Å². The minimum absolute atomic E-state index is 0.0285. The molecule has 1 aliphatic carbocycles. The van der Waals surface area contributed by atoms with Gasteiger partial charge >= 0.3 is 12.4 Å². The number of carbonyl (C=O) groups excluding carboxylic acids is 3. The molecule has 338 valence electrons. The van der Waals surface area contributed by atoms with Crippen molar-refractivity contribution >= 4 is 34.1 Å². The number of ether oxygens (including phenoxy) is 2. The Kier molecular flexibility index (Phi) is 13.3. The third-order valence-electron chi connectivity index (χ3n) is 12.6. The molecule has 3 aromatic carbocycles. The first-order chi connectivity index (χ1) is 29.8. The summed E-state index contributed by atoms with van der Waals surface area (Å²) in [5, 5.41) is 0.562. The Morgan fingerprint density at radius 3 is 2.17 bits per heavy atom. The Bertz CT molecular complexity index is 2260. The van der Waals surface area contributed by atoms with Crippen LogP contribution in [0.15, 0.2) is 78.9 Å². The van der Waals surface area contributed by atoms with E-state index in [1.165, 1.54) is 41.2 Å². The number of nitrogens with two attached hydrogens (primary N) is 1. The van der Waals surface area contributed by atoms with Crippen LogP contribution < -0.4 is 5.73 Å². The number of benzene rings is 3. The van der Waals surface area contributed by atoms with Gasteiger partial charge < -0.3 is 34.8 Å². The zero-order valence-corrected chi connectivity index (χ0v) is 35.6. The summed E-state index contributed by atoms with van der Waals surface area (Å²) in [6, 6.07) is 17.8. The van der Waals surface area contributed by atoms with Gasteiger partial charge in [0.2, 0.25) is 5.91 Å². The summed E-state index contributed by atoms with van der Waals surface area (Å²) in [7, 11) is 3.42. The lowest BCUT2D eigenvalue weighted by atomic mass is 9.72. The molecular weight excluding hydrogens is 856 g/mol.